The topological polar surface area (TPSA) is 54.6 Å². The lowest BCUT2D eigenvalue weighted by Crippen LogP contribution is -2.23. The van der Waals surface area contributed by atoms with E-state index in [1.54, 1.807) is 23.2 Å². The minimum Gasteiger partial charge on any atom is -0.392 e. The Morgan fingerprint density at radius 3 is 3.12 bits per heavy atom. The van der Waals surface area contributed by atoms with Crippen LogP contribution in [0.25, 0.3) is 11.8 Å². The molecule has 0 saturated heterocycles. The number of aromatic nitrogens is 1. The second-order valence-corrected chi connectivity index (χ2v) is 3.93. The second-order valence-electron chi connectivity index (χ2n) is 3.93. The van der Waals surface area contributed by atoms with Gasteiger partial charge in [0.2, 0.25) is 0 Å². The first-order valence-corrected chi connectivity index (χ1v) is 5.07. The van der Waals surface area contributed by atoms with Crippen LogP contribution in [0.5, 0.6) is 0 Å². The number of hydrogen-bond donors (Lipinski definition) is 1. The molecule has 0 atom stereocenters. The Morgan fingerprint density at radius 2 is 2.31 bits per heavy atom. The summed E-state index contributed by atoms with van der Waals surface area (Å²) in [5.74, 6) is 0. The van der Waals surface area contributed by atoms with E-state index in [4.69, 9.17) is 5.11 Å². The Kier molecular flexibility index (Phi) is 1.91. The zero-order chi connectivity index (χ0) is 11.1. The fourth-order valence-corrected chi connectivity index (χ4v) is 2.04. The number of allylic oxidation sites excluding steroid dienone is 2. The van der Waals surface area contributed by atoms with Crippen LogP contribution in [0.3, 0.4) is 0 Å². The lowest BCUT2D eigenvalue weighted by atomic mass is 9.98. The number of pyridine rings is 1. The van der Waals surface area contributed by atoms with Gasteiger partial charge in [-0.1, -0.05) is 0 Å². The number of aliphatic hydroxyl groups excluding tert-OH is 1. The molecule has 0 saturated carbocycles. The van der Waals surface area contributed by atoms with E-state index in [0.717, 1.165) is 23.3 Å². The van der Waals surface area contributed by atoms with Crippen LogP contribution < -0.4 is 5.56 Å². The highest BCUT2D eigenvalue weighted by atomic mass is 16.3. The molecular weight excluding hydrogens is 204 g/mol. The third kappa shape index (κ3) is 1.27. The summed E-state index contributed by atoms with van der Waals surface area (Å²) in [4.78, 5) is 15.9. The number of aliphatic hydroxyl groups is 1. The number of aliphatic imine (C=N–C) groups is 1. The van der Waals surface area contributed by atoms with Gasteiger partial charge in [0, 0.05) is 31.1 Å². The van der Waals surface area contributed by atoms with Crippen molar-refractivity contribution in [2.24, 2.45) is 4.99 Å². The Hall–Kier alpha value is -1.94. The molecule has 16 heavy (non-hydrogen) atoms. The molecule has 0 amide bonds. The van der Waals surface area contributed by atoms with Gasteiger partial charge in [0.1, 0.15) is 0 Å². The molecule has 1 N–H and O–H groups in total. The van der Waals surface area contributed by atoms with E-state index in [1.807, 2.05) is 6.07 Å². The molecular formula is C12H10N2O2. The maximum Gasteiger partial charge on any atom is 0.255 e. The Labute approximate surface area is 91.9 Å². The van der Waals surface area contributed by atoms with E-state index in [9.17, 15) is 4.79 Å². The van der Waals surface area contributed by atoms with E-state index in [2.05, 4.69) is 4.99 Å². The molecule has 80 valence electrons. The average Bonchev–Trinajstić information content (AvgIpc) is 2.31. The predicted octanol–water partition coefficient (Wildman–Crippen LogP) is 1.01. The maximum absolute atomic E-state index is 11.8. The van der Waals surface area contributed by atoms with Crippen LogP contribution in [0.4, 0.5) is 0 Å². The predicted molar refractivity (Wildman–Crippen MR) is 62.0 cm³/mol. The van der Waals surface area contributed by atoms with Crippen molar-refractivity contribution in [3.8, 4) is 0 Å². The van der Waals surface area contributed by atoms with Gasteiger partial charge in [0.25, 0.3) is 5.56 Å². The summed E-state index contributed by atoms with van der Waals surface area (Å²) in [6.07, 6.45) is 6.14. The molecule has 3 rings (SSSR count). The van der Waals surface area contributed by atoms with Gasteiger partial charge in [0.05, 0.1) is 12.3 Å². The van der Waals surface area contributed by atoms with E-state index >= 15 is 0 Å². The van der Waals surface area contributed by atoms with Gasteiger partial charge >= 0.3 is 0 Å². The Morgan fingerprint density at radius 1 is 1.44 bits per heavy atom. The minimum atomic E-state index is -0.115. The summed E-state index contributed by atoms with van der Waals surface area (Å²) in [5, 5.41) is 9.08. The average molecular weight is 214 g/mol. The summed E-state index contributed by atoms with van der Waals surface area (Å²) in [5.41, 5.74) is 3.41. The number of fused-ring (bicyclic) bond motifs is 4. The molecule has 0 aliphatic carbocycles. The molecule has 3 heterocycles. The molecule has 0 fully saturated rings. The number of hydrogen-bond acceptors (Lipinski definition) is 3. The normalized spacial score (nSPS) is 16.6. The van der Waals surface area contributed by atoms with Crippen molar-refractivity contribution >= 4 is 18.0 Å². The molecule has 2 aliphatic heterocycles. The first-order chi connectivity index (χ1) is 7.78. The van der Waals surface area contributed by atoms with E-state index in [1.165, 1.54) is 6.07 Å². The van der Waals surface area contributed by atoms with Crippen LogP contribution in [0.15, 0.2) is 33.7 Å². The van der Waals surface area contributed by atoms with Crippen molar-refractivity contribution in [3.63, 3.8) is 0 Å². The number of rotatable bonds is 1. The summed E-state index contributed by atoms with van der Waals surface area (Å²) >= 11 is 0. The van der Waals surface area contributed by atoms with Crippen LogP contribution in [0.1, 0.15) is 17.7 Å². The van der Waals surface area contributed by atoms with Crippen molar-refractivity contribution < 1.29 is 5.11 Å². The number of nitrogens with zero attached hydrogens (tertiary/aromatic N) is 2. The van der Waals surface area contributed by atoms with Gasteiger partial charge in [0.15, 0.2) is 0 Å². The quantitative estimate of drug-likeness (QED) is 0.758. The second kappa shape index (κ2) is 3.28. The van der Waals surface area contributed by atoms with E-state index < -0.39 is 0 Å². The summed E-state index contributed by atoms with van der Waals surface area (Å²) in [7, 11) is 0. The fraction of sp³-hybridized carbons (Fsp3) is 0.167. The lowest BCUT2D eigenvalue weighted by molar-refractivity contribution is 0.281. The molecule has 2 aliphatic rings. The summed E-state index contributed by atoms with van der Waals surface area (Å²) in [6, 6.07) is 3.29. The van der Waals surface area contributed by atoms with Gasteiger partial charge in [-0.2, -0.15) is 0 Å². The minimum absolute atomic E-state index is 0.111. The largest absolute Gasteiger partial charge is 0.392 e. The molecule has 2 bridgehead atoms. The molecule has 0 spiro atoms. The van der Waals surface area contributed by atoms with Crippen molar-refractivity contribution in [2.45, 2.75) is 13.0 Å². The van der Waals surface area contributed by atoms with Gasteiger partial charge < -0.3 is 5.11 Å². The lowest BCUT2D eigenvalue weighted by Gasteiger charge is -2.21. The standard InChI is InChI=1S/C12H10N2O2/c15-7-8-2-11-10-1-9(4-13-5-10)6-14(11)12(16)3-8/h2-6,15H,1,7H2. The van der Waals surface area contributed by atoms with Crippen LogP contribution in [-0.4, -0.2) is 15.9 Å². The molecule has 0 aromatic carbocycles. The highest BCUT2D eigenvalue weighted by Crippen LogP contribution is 2.29. The van der Waals surface area contributed by atoms with Gasteiger partial charge in [-0.15, -0.1) is 0 Å². The first-order valence-electron chi connectivity index (χ1n) is 5.07. The Balaban J connectivity index is 2.32. The van der Waals surface area contributed by atoms with Crippen LogP contribution >= 0.6 is 0 Å². The van der Waals surface area contributed by atoms with Crippen molar-refractivity contribution in [3.05, 3.63) is 45.5 Å². The van der Waals surface area contributed by atoms with Crippen molar-refractivity contribution in [2.75, 3.05) is 0 Å². The highest BCUT2D eigenvalue weighted by molar-refractivity contribution is 5.92. The van der Waals surface area contributed by atoms with Crippen LogP contribution in [0.2, 0.25) is 0 Å². The monoisotopic (exact) mass is 214 g/mol. The first kappa shape index (κ1) is 9.30. The molecule has 0 radical (unpaired) electrons. The van der Waals surface area contributed by atoms with Gasteiger partial charge in [-0.3, -0.25) is 14.4 Å². The molecule has 4 heteroatoms. The smallest absolute Gasteiger partial charge is 0.255 e. The highest BCUT2D eigenvalue weighted by Gasteiger charge is 2.18. The Bertz CT molecular complexity index is 606. The molecule has 0 unspecified atom stereocenters. The van der Waals surface area contributed by atoms with Crippen molar-refractivity contribution in [1.29, 1.82) is 0 Å². The molecule has 4 nitrogen and oxygen atoms in total. The maximum atomic E-state index is 11.8. The van der Waals surface area contributed by atoms with Crippen LogP contribution in [-0.2, 0) is 6.61 Å². The third-order valence-electron chi connectivity index (χ3n) is 2.80. The van der Waals surface area contributed by atoms with E-state index in [-0.39, 0.29) is 12.2 Å². The third-order valence-corrected chi connectivity index (χ3v) is 2.80. The van der Waals surface area contributed by atoms with Crippen molar-refractivity contribution in [1.82, 2.24) is 4.57 Å². The van der Waals surface area contributed by atoms with Gasteiger partial charge in [-0.25, -0.2) is 0 Å². The van der Waals surface area contributed by atoms with E-state index in [0.29, 0.717) is 5.56 Å². The zero-order valence-corrected chi connectivity index (χ0v) is 8.55. The molecule has 1 aromatic heterocycles. The molecule has 1 aromatic rings. The summed E-state index contributed by atoms with van der Waals surface area (Å²) < 4.78 is 1.61. The summed E-state index contributed by atoms with van der Waals surface area (Å²) in [6.45, 7) is -0.115. The SMILES string of the molecule is O=c1cc(CO)cc2n1C=C1C=NC=C2C1. The fourth-order valence-electron chi connectivity index (χ4n) is 2.04. The van der Waals surface area contributed by atoms with Crippen LogP contribution in [0, 0.1) is 0 Å². The zero-order valence-electron chi connectivity index (χ0n) is 8.55. The van der Waals surface area contributed by atoms with Gasteiger partial charge in [-0.05, 0) is 22.8 Å².